The van der Waals surface area contributed by atoms with Gasteiger partial charge in [-0.3, -0.25) is 4.98 Å². The van der Waals surface area contributed by atoms with Gasteiger partial charge in [0.2, 0.25) is 15.8 Å². The summed E-state index contributed by atoms with van der Waals surface area (Å²) in [6.45, 7) is 2.81. The molecule has 0 spiro atoms. The molecule has 24 heavy (non-hydrogen) atoms. The van der Waals surface area contributed by atoms with Crippen LogP contribution in [0, 0.1) is 0 Å². The monoisotopic (exact) mass is 353 g/mol. The summed E-state index contributed by atoms with van der Waals surface area (Å²) < 4.78 is 36.1. The molecule has 0 saturated carbocycles. The summed E-state index contributed by atoms with van der Waals surface area (Å²) in [6.07, 6.45) is 5.98. The van der Waals surface area contributed by atoms with Crippen molar-refractivity contribution in [1.29, 1.82) is 0 Å². The first-order valence-electron chi connectivity index (χ1n) is 7.77. The van der Waals surface area contributed by atoms with Gasteiger partial charge in [-0.25, -0.2) is 17.7 Å². The average Bonchev–Trinajstić information content (AvgIpc) is 3.10. The predicted molar refractivity (Wildman–Crippen MR) is 84.2 cm³/mol. The van der Waals surface area contributed by atoms with E-state index in [1.807, 2.05) is 0 Å². The van der Waals surface area contributed by atoms with Crippen molar-refractivity contribution >= 4 is 10.0 Å². The molecule has 10 heteroatoms. The molecule has 0 aliphatic carbocycles. The molecule has 1 aliphatic rings. The Morgan fingerprint density at radius 1 is 1.33 bits per heavy atom. The van der Waals surface area contributed by atoms with E-state index in [-0.39, 0.29) is 18.5 Å². The third kappa shape index (κ3) is 3.94. The number of nitrogens with zero attached hydrogens (tertiary/aromatic N) is 5. The molecule has 3 heterocycles. The highest BCUT2D eigenvalue weighted by Crippen LogP contribution is 2.19. The normalized spacial score (nSPS) is 17.2. The van der Waals surface area contributed by atoms with Gasteiger partial charge < -0.3 is 9.26 Å². The molecule has 0 bridgehead atoms. The zero-order valence-electron chi connectivity index (χ0n) is 13.3. The molecule has 1 fully saturated rings. The molecule has 0 unspecified atom stereocenters. The highest BCUT2D eigenvalue weighted by Gasteiger charge is 2.27. The lowest BCUT2D eigenvalue weighted by atomic mass is 10.1. The second kappa shape index (κ2) is 7.32. The smallest absolute Gasteiger partial charge is 0.253 e. The van der Waals surface area contributed by atoms with E-state index in [1.54, 1.807) is 25.5 Å². The number of hydrogen-bond acceptors (Lipinski definition) is 8. The van der Waals surface area contributed by atoms with Crippen molar-refractivity contribution in [3.05, 3.63) is 24.5 Å². The lowest BCUT2D eigenvalue weighted by Gasteiger charge is -2.30. The number of ether oxygens (including phenoxy) is 1. The number of hydrogen-bond donors (Lipinski definition) is 0. The molecule has 1 aliphatic heterocycles. The molecule has 0 atom stereocenters. The van der Waals surface area contributed by atoms with Crippen LogP contribution in [0.3, 0.4) is 0 Å². The fraction of sp³-hybridized carbons (Fsp3) is 0.571. The van der Waals surface area contributed by atoms with Crippen LogP contribution in [0.2, 0.25) is 0 Å². The van der Waals surface area contributed by atoms with Crippen molar-refractivity contribution in [1.82, 2.24) is 24.4 Å². The maximum absolute atomic E-state index is 11.8. The predicted octanol–water partition coefficient (Wildman–Crippen LogP) is 0.857. The first-order valence-corrected chi connectivity index (χ1v) is 9.38. The van der Waals surface area contributed by atoms with Crippen molar-refractivity contribution in [2.24, 2.45) is 0 Å². The standard InChI is InChI=1S/C14H19N5O4S/c1-2-24(20,21)19-7-3-11(4-8-19)22-10-13-17-14(18-23-13)12-9-15-5-6-16-12/h5-6,9,11H,2-4,7-8,10H2,1H3. The molecule has 0 aromatic carbocycles. The summed E-state index contributed by atoms with van der Waals surface area (Å²) in [5, 5.41) is 3.85. The Morgan fingerprint density at radius 2 is 2.12 bits per heavy atom. The van der Waals surface area contributed by atoms with Gasteiger partial charge in [0, 0.05) is 25.5 Å². The first-order chi connectivity index (χ1) is 11.6. The van der Waals surface area contributed by atoms with Gasteiger partial charge in [-0.05, 0) is 19.8 Å². The highest BCUT2D eigenvalue weighted by molar-refractivity contribution is 7.89. The molecule has 0 radical (unpaired) electrons. The second-order valence-corrected chi connectivity index (χ2v) is 7.67. The van der Waals surface area contributed by atoms with Crippen molar-refractivity contribution in [3.8, 4) is 11.5 Å². The van der Waals surface area contributed by atoms with Crippen molar-refractivity contribution < 1.29 is 17.7 Å². The molecule has 0 amide bonds. The van der Waals surface area contributed by atoms with E-state index in [9.17, 15) is 8.42 Å². The van der Waals surface area contributed by atoms with Gasteiger partial charge in [-0.1, -0.05) is 5.16 Å². The van der Waals surface area contributed by atoms with E-state index >= 15 is 0 Å². The zero-order chi connectivity index (χ0) is 17.0. The SMILES string of the molecule is CCS(=O)(=O)N1CCC(OCc2nc(-c3cnccn3)no2)CC1. The topological polar surface area (TPSA) is 111 Å². The fourth-order valence-corrected chi connectivity index (χ4v) is 3.61. The van der Waals surface area contributed by atoms with Crippen LogP contribution < -0.4 is 0 Å². The van der Waals surface area contributed by atoms with Crippen LogP contribution in [0.25, 0.3) is 11.5 Å². The Hall–Kier alpha value is -1.91. The lowest BCUT2D eigenvalue weighted by Crippen LogP contribution is -2.41. The molecule has 2 aromatic rings. The summed E-state index contributed by atoms with van der Waals surface area (Å²) in [4.78, 5) is 12.3. The van der Waals surface area contributed by atoms with Crippen LogP contribution in [0.5, 0.6) is 0 Å². The molecular formula is C14H19N5O4S. The Bertz CT molecular complexity index is 756. The van der Waals surface area contributed by atoms with E-state index in [0.29, 0.717) is 43.3 Å². The lowest BCUT2D eigenvalue weighted by molar-refractivity contribution is -0.00117. The average molecular weight is 353 g/mol. The Morgan fingerprint density at radius 3 is 2.79 bits per heavy atom. The molecule has 1 saturated heterocycles. The van der Waals surface area contributed by atoms with Gasteiger partial charge in [-0.2, -0.15) is 4.98 Å². The molecule has 2 aromatic heterocycles. The van der Waals surface area contributed by atoms with Gasteiger partial charge >= 0.3 is 0 Å². The number of aromatic nitrogens is 4. The summed E-state index contributed by atoms with van der Waals surface area (Å²) in [5.74, 6) is 0.857. The van der Waals surface area contributed by atoms with Gasteiger partial charge in [0.1, 0.15) is 12.3 Å². The van der Waals surface area contributed by atoms with Gasteiger partial charge in [0.25, 0.3) is 5.89 Å². The van der Waals surface area contributed by atoms with Gasteiger partial charge in [0.15, 0.2) is 0 Å². The van der Waals surface area contributed by atoms with Crippen LogP contribution in [0.4, 0.5) is 0 Å². The number of piperidine rings is 1. The molecule has 9 nitrogen and oxygen atoms in total. The minimum atomic E-state index is -3.12. The number of sulfonamides is 1. The quantitative estimate of drug-likeness (QED) is 0.751. The van der Waals surface area contributed by atoms with Crippen LogP contribution in [-0.4, -0.2) is 57.8 Å². The summed E-state index contributed by atoms with van der Waals surface area (Å²) in [7, 11) is -3.12. The van der Waals surface area contributed by atoms with E-state index in [2.05, 4.69) is 20.1 Å². The van der Waals surface area contributed by atoms with Gasteiger partial charge in [0.05, 0.1) is 18.1 Å². The fourth-order valence-electron chi connectivity index (χ4n) is 2.48. The van der Waals surface area contributed by atoms with E-state index in [1.165, 1.54) is 4.31 Å². The van der Waals surface area contributed by atoms with Crippen molar-refractivity contribution in [2.45, 2.75) is 32.5 Å². The summed E-state index contributed by atoms with van der Waals surface area (Å²) >= 11 is 0. The summed E-state index contributed by atoms with van der Waals surface area (Å²) in [6, 6.07) is 0. The third-order valence-electron chi connectivity index (χ3n) is 3.86. The van der Waals surface area contributed by atoms with E-state index < -0.39 is 10.0 Å². The molecule has 3 rings (SSSR count). The van der Waals surface area contributed by atoms with Crippen molar-refractivity contribution in [3.63, 3.8) is 0 Å². The summed E-state index contributed by atoms with van der Waals surface area (Å²) in [5.41, 5.74) is 0.533. The van der Waals surface area contributed by atoms with Crippen LogP contribution in [0.1, 0.15) is 25.7 Å². The van der Waals surface area contributed by atoms with Gasteiger partial charge in [-0.15, -0.1) is 0 Å². The second-order valence-electron chi connectivity index (χ2n) is 5.41. The highest BCUT2D eigenvalue weighted by atomic mass is 32.2. The van der Waals surface area contributed by atoms with Crippen LogP contribution in [0.15, 0.2) is 23.1 Å². The zero-order valence-corrected chi connectivity index (χ0v) is 14.1. The van der Waals surface area contributed by atoms with E-state index in [0.717, 1.165) is 0 Å². The third-order valence-corrected chi connectivity index (χ3v) is 5.74. The number of rotatable bonds is 6. The molecule has 130 valence electrons. The minimum Gasteiger partial charge on any atom is -0.368 e. The maximum atomic E-state index is 11.8. The van der Waals surface area contributed by atoms with E-state index in [4.69, 9.17) is 9.26 Å². The van der Waals surface area contributed by atoms with Crippen LogP contribution >= 0.6 is 0 Å². The molecule has 0 N–H and O–H groups in total. The Balaban J connectivity index is 1.50. The van der Waals surface area contributed by atoms with Crippen LogP contribution in [-0.2, 0) is 21.4 Å². The maximum Gasteiger partial charge on any atom is 0.253 e. The first kappa shape index (κ1) is 16.9. The Labute approximate surface area is 140 Å². The minimum absolute atomic E-state index is 0.0137. The largest absolute Gasteiger partial charge is 0.368 e. The molecular weight excluding hydrogens is 334 g/mol. The van der Waals surface area contributed by atoms with Crippen molar-refractivity contribution in [2.75, 3.05) is 18.8 Å². The Kier molecular flexibility index (Phi) is 5.17.